The van der Waals surface area contributed by atoms with E-state index in [1.54, 1.807) is 11.8 Å². The second-order valence-corrected chi connectivity index (χ2v) is 12.7. The number of Topliss-reactive ketones (excluding diaryl/α,β-unsaturated/α-hetero) is 4. The van der Waals surface area contributed by atoms with Crippen molar-refractivity contribution in [3.8, 4) is 0 Å². The Hall–Kier alpha value is -2.23. The van der Waals surface area contributed by atoms with Crippen LogP contribution in [0.2, 0.25) is 0 Å². The van der Waals surface area contributed by atoms with E-state index in [1.807, 2.05) is 20.8 Å². The number of hydrogen-bond donors (Lipinski definition) is 3. The second kappa shape index (κ2) is 29.0. The maximum Gasteiger partial charge on any atom is 0.221 e. The molecule has 266 valence electrons. The van der Waals surface area contributed by atoms with Crippen molar-refractivity contribution >= 4 is 46.7 Å². The Balaban J connectivity index is 3.88. The van der Waals surface area contributed by atoms with E-state index < -0.39 is 23.7 Å². The summed E-state index contributed by atoms with van der Waals surface area (Å²) in [5.41, 5.74) is 10.6. The highest BCUT2D eigenvalue weighted by molar-refractivity contribution is 7.99. The molecule has 0 fully saturated rings. The van der Waals surface area contributed by atoms with Crippen molar-refractivity contribution in [2.75, 3.05) is 77.5 Å². The van der Waals surface area contributed by atoms with E-state index in [2.05, 4.69) is 5.32 Å². The van der Waals surface area contributed by atoms with Crippen molar-refractivity contribution < 1.29 is 47.7 Å². The van der Waals surface area contributed by atoms with E-state index in [0.29, 0.717) is 71.3 Å². The van der Waals surface area contributed by atoms with Crippen LogP contribution < -0.4 is 16.8 Å². The highest BCUT2D eigenvalue weighted by atomic mass is 32.2. The minimum absolute atomic E-state index is 0.00723. The van der Waals surface area contributed by atoms with Gasteiger partial charge in [-0.2, -0.15) is 11.8 Å². The van der Waals surface area contributed by atoms with Gasteiger partial charge in [0.05, 0.1) is 65.3 Å². The van der Waals surface area contributed by atoms with E-state index in [-0.39, 0.29) is 80.9 Å². The van der Waals surface area contributed by atoms with Gasteiger partial charge in [0.1, 0.15) is 17.3 Å². The van der Waals surface area contributed by atoms with E-state index in [4.69, 9.17) is 30.4 Å². The second-order valence-electron chi connectivity index (χ2n) is 11.4. The van der Waals surface area contributed by atoms with Crippen LogP contribution in [0.3, 0.4) is 0 Å². The lowest BCUT2D eigenvalue weighted by Gasteiger charge is -2.17. The van der Waals surface area contributed by atoms with Crippen LogP contribution in [0.4, 0.5) is 0 Å². The minimum atomic E-state index is -0.445. The van der Waals surface area contributed by atoms with E-state index >= 15 is 0 Å². The number of rotatable bonds is 33. The van der Waals surface area contributed by atoms with Crippen molar-refractivity contribution in [1.29, 1.82) is 0 Å². The van der Waals surface area contributed by atoms with E-state index in [1.165, 1.54) is 0 Å². The fourth-order valence-corrected chi connectivity index (χ4v) is 5.07. The first kappa shape index (κ1) is 43.8. The molecule has 0 heterocycles. The van der Waals surface area contributed by atoms with Crippen molar-refractivity contribution in [2.24, 2.45) is 29.2 Å². The van der Waals surface area contributed by atoms with Crippen LogP contribution >= 0.6 is 11.8 Å². The van der Waals surface area contributed by atoms with Gasteiger partial charge in [-0.1, -0.05) is 20.8 Å². The van der Waals surface area contributed by atoms with Gasteiger partial charge in [-0.25, -0.2) is 0 Å². The summed E-state index contributed by atoms with van der Waals surface area (Å²) in [6.07, 6.45) is 1.90. The molecule has 0 bridgehead atoms. The molecular formula is C32H57N3O10S. The Morgan fingerprint density at radius 2 is 1.26 bits per heavy atom. The van der Waals surface area contributed by atoms with Crippen LogP contribution in [-0.2, 0) is 47.7 Å². The molecule has 0 aromatic heterocycles. The molecule has 0 aliphatic rings. The smallest absolute Gasteiger partial charge is 0.221 e. The van der Waals surface area contributed by atoms with Gasteiger partial charge in [0.2, 0.25) is 11.8 Å². The van der Waals surface area contributed by atoms with Gasteiger partial charge in [-0.05, 0) is 24.5 Å². The Bertz CT molecular complexity index is 903. The minimum Gasteiger partial charge on any atom is -0.379 e. The average molecular weight is 676 g/mol. The predicted molar refractivity (Wildman–Crippen MR) is 176 cm³/mol. The maximum absolute atomic E-state index is 12.8. The molecule has 2 atom stereocenters. The number of carbonyl (C=O) groups is 6. The lowest BCUT2D eigenvalue weighted by Crippen LogP contribution is -2.32. The summed E-state index contributed by atoms with van der Waals surface area (Å²) in [6, 6.07) is 0. The summed E-state index contributed by atoms with van der Waals surface area (Å²) in [5, 5.41) is 2.51. The molecule has 0 rings (SSSR count). The summed E-state index contributed by atoms with van der Waals surface area (Å²) in [4.78, 5) is 71.7. The number of amides is 2. The maximum atomic E-state index is 12.8. The van der Waals surface area contributed by atoms with E-state index in [9.17, 15) is 28.8 Å². The molecule has 0 aromatic carbocycles. The number of nitrogens with two attached hydrogens (primary N) is 2. The summed E-state index contributed by atoms with van der Waals surface area (Å²) < 4.78 is 21.9. The Morgan fingerprint density at radius 1 is 0.696 bits per heavy atom. The molecule has 5 N–H and O–H groups in total. The zero-order valence-electron chi connectivity index (χ0n) is 28.0. The molecule has 0 aromatic rings. The number of ether oxygens (including phenoxy) is 4. The Morgan fingerprint density at radius 3 is 1.80 bits per heavy atom. The zero-order valence-corrected chi connectivity index (χ0v) is 28.8. The Kier molecular flexibility index (Phi) is 27.5. The summed E-state index contributed by atoms with van der Waals surface area (Å²) in [6.45, 7) is 8.62. The molecule has 0 spiro atoms. The normalized spacial score (nSPS) is 12.5. The summed E-state index contributed by atoms with van der Waals surface area (Å²) in [7, 11) is 0. The third kappa shape index (κ3) is 25.9. The van der Waals surface area contributed by atoms with Crippen molar-refractivity contribution in [2.45, 2.75) is 72.1 Å². The van der Waals surface area contributed by atoms with Crippen LogP contribution in [0, 0.1) is 17.8 Å². The largest absolute Gasteiger partial charge is 0.379 e. The predicted octanol–water partition coefficient (Wildman–Crippen LogP) is 1.65. The first-order chi connectivity index (χ1) is 22.0. The molecule has 13 nitrogen and oxygen atoms in total. The highest BCUT2D eigenvalue weighted by Crippen LogP contribution is 2.19. The molecule has 0 aliphatic carbocycles. The fraction of sp³-hybridized carbons (Fsp3) is 0.812. The average Bonchev–Trinajstić information content (AvgIpc) is 3.01. The van der Waals surface area contributed by atoms with Crippen LogP contribution in [-0.4, -0.2) is 112 Å². The van der Waals surface area contributed by atoms with Crippen LogP contribution in [0.25, 0.3) is 0 Å². The van der Waals surface area contributed by atoms with Gasteiger partial charge >= 0.3 is 0 Å². The van der Waals surface area contributed by atoms with Gasteiger partial charge < -0.3 is 35.7 Å². The van der Waals surface area contributed by atoms with Gasteiger partial charge in [-0.3, -0.25) is 28.8 Å². The number of thioether (sulfide) groups is 1. The molecule has 2 unspecified atom stereocenters. The molecule has 0 saturated carbocycles. The lowest BCUT2D eigenvalue weighted by atomic mass is 9.87. The molecular weight excluding hydrogens is 618 g/mol. The SMILES string of the molecule is CCSCC(CC(=O)CCOCCOCCOCCOCCCC(=O)C(CC(=O)CNC(=O)CCC(=O)CN)CC(C)C)C(N)=O. The number of ketones is 4. The quantitative estimate of drug-likeness (QED) is 0.0850. The molecule has 46 heavy (non-hydrogen) atoms. The molecule has 0 aliphatic heterocycles. The number of carbonyl (C=O) groups excluding carboxylic acids is 6. The van der Waals surface area contributed by atoms with Crippen LogP contribution in [0.15, 0.2) is 0 Å². The third-order valence-electron chi connectivity index (χ3n) is 6.78. The van der Waals surface area contributed by atoms with Gasteiger partial charge in [-0.15, -0.1) is 0 Å². The summed E-state index contributed by atoms with van der Waals surface area (Å²) in [5.74, 6) is -0.491. The molecule has 2 amide bonds. The first-order valence-electron chi connectivity index (χ1n) is 16.2. The topological polar surface area (TPSA) is 203 Å². The van der Waals surface area contributed by atoms with Gasteiger partial charge in [0, 0.05) is 56.8 Å². The Labute approximate surface area is 278 Å². The molecule has 0 saturated heterocycles. The van der Waals surface area contributed by atoms with Crippen molar-refractivity contribution in [3.05, 3.63) is 0 Å². The van der Waals surface area contributed by atoms with Gasteiger partial charge in [0.25, 0.3) is 0 Å². The zero-order chi connectivity index (χ0) is 34.6. The van der Waals surface area contributed by atoms with Crippen LogP contribution in [0.1, 0.15) is 72.1 Å². The third-order valence-corrected chi connectivity index (χ3v) is 7.83. The van der Waals surface area contributed by atoms with E-state index in [0.717, 1.165) is 5.75 Å². The molecule has 14 heteroatoms. The van der Waals surface area contributed by atoms with Crippen molar-refractivity contribution in [3.63, 3.8) is 0 Å². The summed E-state index contributed by atoms with van der Waals surface area (Å²) >= 11 is 1.59. The van der Waals surface area contributed by atoms with Gasteiger partial charge in [0.15, 0.2) is 5.78 Å². The number of hydrogen-bond acceptors (Lipinski definition) is 12. The monoisotopic (exact) mass is 675 g/mol. The highest BCUT2D eigenvalue weighted by Gasteiger charge is 2.23. The van der Waals surface area contributed by atoms with Crippen molar-refractivity contribution in [1.82, 2.24) is 5.32 Å². The lowest BCUT2D eigenvalue weighted by molar-refractivity contribution is -0.129. The first-order valence-corrected chi connectivity index (χ1v) is 17.4. The standard InChI is InChI=1S/C32H57N3O10S/c1-4-46-23-26(32(34)41)20-27(36)9-11-43-13-15-45-17-16-44-14-12-42-10-5-6-30(39)25(18-24(2)3)19-29(38)22-35-31(40)8-7-28(37)21-33/h24-26H,4-23,33H2,1-3H3,(H2,34,41)(H,35,40). The molecule has 0 radical (unpaired) electrons. The van der Waals surface area contributed by atoms with Crippen LogP contribution in [0.5, 0.6) is 0 Å². The number of nitrogens with one attached hydrogen (secondary N) is 1. The number of primary amides is 1. The fourth-order valence-electron chi connectivity index (χ4n) is 4.26.